The van der Waals surface area contributed by atoms with Gasteiger partial charge in [0.1, 0.15) is 0 Å². The molecule has 0 radical (unpaired) electrons. The number of para-hydroxylation sites is 1. The molecule has 0 aliphatic rings. The van der Waals surface area contributed by atoms with Crippen LogP contribution in [0, 0.1) is 13.8 Å². The van der Waals surface area contributed by atoms with Crippen molar-refractivity contribution in [2.24, 2.45) is 0 Å². The third kappa shape index (κ3) is 3.25. The molecule has 28 heavy (non-hydrogen) atoms. The number of benzene rings is 2. The van der Waals surface area contributed by atoms with E-state index in [2.05, 4.69) is 4.98 Å². The van der Waals surface area contributed by atoms with Crippen LogP contribution in [0.3, 0.4) is 0 Å². The zero-order valence-electron chi connectivity index (χ0n) is 15.8. The smallest absolute Gasteiger partial charge is 0.200 e. The number of rotatable bonds is 4. The molecule has 0 aliphatic carbocycles. The van der Waals surface area contributed by atoms with E-state index in [4.69, 9.17) is 0 Å². The predicted octanol–water partition coefficient (Wildman–Crippen LogP) is 4.29. The SMILES string of the molecule is Cc1ccc(C(=O)c2cn(Cc3ccncc3)c3ccccc3c2=O)cc1C. The molecular formula is C24H20N2O2. The Hall–Kier alpha value is -3.53. The third-order valence-electron chi connectivity index (χ3n) is 5.10. The highest BCUT2D eigenvalue weighted by Gasteiger charge is 2.17. The number of hydrogen-bond acceptors (Lipinski definition) is 3. The lowest BCUT2D eigenvalue weighted by molar-refractivity contribution is 0.103. The van der Waals surface area contributed by atoms with Crippen LogP contribution >= 0.6 is 0 Å². The summed E-state index contributed by atoms with van der Waals surface area (Å²) in [6, 6.07) is 16.8. The molecule has 4 heteroatoms. The zero-order valence-corrected chi connectivity index (χ0v) is 15.8. The minimum atomic E-state index is -0.248. The highest BCUT2D eigenvalue weighted by Crippen LogP contribution is 2.17. The Morgan fingerprint density at radius 1 is 0.964 bits per heavy atom. The number of carbonyl (C=O) groups is 1. The summed E-state index contributed by atoms with van der Waals surface area (Å²) in [7, 11) is 0. The number of hydrogen-bond donors (Lipinski definition) is 0. The van der Waals surface area contributed by atoms with Gasteiger partial charge in [0.2, 0.25) is 5.43 Å². The fourth-order valence-electron chi connectivity index (χ4n) is 3.36. The van der Waals surface area contributed by atoms with Crippen LogP contribution in [-0.4, -0.2) is 15.3 Å². The summed E-state index contributed by atoms with van der Waals surface area (Å²) >= 11 is 0. The molecule has 0 atom stereocenters. The van der Waals surface area contributed by atoms with Crippen molar-refractivity contribution in [3.8, 4) is 0 Å². The van der Waals surface area contributed by atoms with E-state index >= 15 is 0 Å². The van der Waals surface area contributed by atoms with Crippen LogP contribution in [0.1, 0.15) is 32.6 Å². The van der Waals surface area contributed by atoms with Gasteiger partial charge in [0, 0.05) is 36.1 Å². The molecule has 4 nitrogen and oxygen atoms in total. The van der Waals surface area contributed by atoms with Crippen LogP contribution < -0.4 is 5.43 Å². The lowest BCUT2D eigenvalue weighted by Gasteiger charge is -2.13. The van der Waals surface area contributed by atoms with E-state index in [-0.39, 0.29) is 16.8 Å². The van der Waals surface area contributed by atoms with E-state index in [0.717, 1.165) is 22.2 Å². The van der Waals surface area contributed by atoms with E-state index in [1.807, 2.05) is 60.9 Å². The van der Waals surface area contributed by atoms with Crippen LogP contribution in [-0.2, 0) is 6.54 Å². The Morgan fingerprint density at radius 2 is 1.71 bits per heavy atom. The van der Waals surface area contributed by atoms with Gasteiger partial charge in [0.25, 0.3) is 0 Å². The average Bonchev–Trinajstić information content (AvgIpc) is 2.72. The van der Waals surface area contributed by atoms with E-state index in [1.54, 1.807) is 30.7 Å². The first kappa shape index (κ1) is 17.9. The number of aromatic nitrogens is 2. The molecule has 0 spiro atoms. The summed E-state index contributed by atoms with van der Waals surface area (Å²) < 4.78 is 1.96. The second-order valence-electron chi connectivity index (χ2n) is 7.00. The van der Waals surface area contributed by atoms with E-state index in [1.165, 1.54) is 0 Å². The minimum Gasteiger partial charge on any atom is -0.342 e. The summed E-state index contributed by atoms with van der Waals surface area (Å²) in [6.45, 7) is 4.52. The van der Waals surface area contributed by atoms with Crippen molar-refractivity contribution >= 4 is 16.7 Å². The monoisotopic (exact) mass is 368 g/mol. The fourth-order valence-corrected chi connectivity index (χ4v) is 3.36. The topological polar surface area (TPSA) is 52.0 Å². The molecule has 0 fully saturated rings. The second kappa shape index (κ2) is 7.24. The Kier molecular flexibility index (Phi) is 4.62. The van der Waals surface area contributed by atoms with Gasteiger partial charge in [-0.2, -0.15) is 0 Å². The first-order valence-corrected chi connectivity index (χ1v) is 9.17. The van der Waals surface area contributed by atoms with E-state index < -0.39 is 0 Å². The molecule has 2 aromatic carbocycles. The van der Waals surface area contributed by atoms with Gasteiger partial charge in [0.05, 0.1) is 11.1 Å². The van der Waals surface area contributed by atoms with Crippen molar-refractivity contribution in [3.63, 3.8) is 0 Å². The second-order valence-corrected chi connectivity index (χ2v) is 7.00. The molecule has 0 unspecified atom stereocenters. The van der Waals surface area contributed by atoms with Gasteiger partial charge in [-0.25, -0.2) is 0 Å². The number of fused-ring (bicyclic) bond motifs is 1. The maximum atomic E-state index is 13.2. The third-order valence-corrected chi connectivity index (χ3v) is 5.10. The highest BCUT2D eigenvalue weighted by atomic mass is 16.1. The number of aryl methyl sites for hydroxylation is 2. The first-order valence-electron chi connectivity index (χ1n) is 9.17. The van der Waals surface area contributed by atoms with Gasteiger partial charge < -0.3 is 4.57 Å². The maximum Gasteiger partial charge on any atom is 0.200 e. The molecule has 0 aliphatic heterocycles. The van der Waals surface area contributed by atoms with E-state index in [9.17, 15) is 9.59 Å². The molecule has 0 amide bonds. The van der Waals surface area contributed by atoms with Gasteiger partial charge >= 0.3 is 0 Å². The summed E-state index contributed by atoms with van der Waals surface area (Å²) in [5, 5.41) is 0.547. The number of pyridine rings is 2. The summed E-state index contributed by atoms with van der Waals surface area (Å²) in [5.74, 6) is -0.248. The minimum absolute atomic E-state index is 0.191. The maximum absolute atomic E-state index is 13.2. The van der Waals surface area contributed by atoms with Crippen LogP contribution in [0.5, 0.6) is 0 Å². The summed E-state index contributed by atoms with van der Waals surface area (Å²) in [5.41, 5.74) is 4.50. The van der Waals surface area contributed by atoms with E-state index in [0.29, 0.717) is 17.5 Å². The molecule has 2 aromatic heterocycles. The van der Waals surface area contributed by atoms with Gasteiger partial charge in [0.15, 0.2) is 5.78 Å². The molecular weight excluding hydrogens is 348 g/mol. The lowest BCUT2D eigenvalue weighted by atomic mass is 9.99. The zero-order chi connectivity index (χ0) is 19.7. The largest absolute Gasteiger partial charge is 0.342 e. The summed E-state index contributed by atoms with van der Waals surface area (Å²) in [6.07, 6.45) is 5.16. The van der Waals surface area contributed by atoms with Gasteiger partial charge in [-0.05, 0) is 60.9 Å². The standard InChI is InChI=1S/C24H20N2O2/c1-16-7-8-19(13-17(16)2)23(27)21-15-26(14-18-9-11-25-12-10-18)22-6-4-3-5-20(22)24(21)28/h3-13,15H,14H2,1-2H3. The van der Waals surface area contributed by atoms with Crippen LogP contribution in [0.25, 0.3) is 10.9 Å². The van der Waals surface area contributed by atoms with Crippen LogP contribution in [0.4, 0.5) is 0 Å². The first-order chi connectivity index (χ1) is 13.5. The van der Waals surface area contributed by atoms with Crippen molar-refractivity contribution < 1.29 is 4.79 Å². The average molecular weight is 368 g/mol. The molecule has 138 valence electrons. The van der Waals surface area contributed by atoms with Crippen molar-refractivity contribution in [3.05, 3.63) is 111 Å². The van der Waals surface area contributed by atoms with Crippen LogP contribution in [0.15, 0.2) is 78.0 Å². The lowest BCUT2D eigenvalue weighted by Crippen LogP contribution is -2.20. The Balaban J connectivity index is 1.89. The van der Waals surface area contributed by atoms with Crippen molar-refractivity contribution in [2.45, 2.75) is 20.4 Å². The molecule has 0 saturated heterocycles. The van der Waals surface area contributed by atoms with Crippen molar-refractivity contribution in [1.29, 1.82) is 0 Å². The Morgan fingerprint density at radius 3 is 2.46 bits per heavy atom. The predicted molar refractivity (Wildman–Crippen MR) is 111 cm³/mol. The molecule has 2 heterocycles. The highest BCUT2D eigenvalue weighted by molar-refractivity contribution is 6.10. The quantitative estimate of drug-likeness (QED) is 0.505. The van der Waals surface area contributed by atoms with Gasteiger partial charge in [-0.3, -0.25) is 14.6 Å². The molecule has 4 aromatic rings. The van der Waals surface area contributed by atoms with Crippen LogP contribution in [0.2, 0.25) is 0 Å². The van der Waals surface area contributed by atoms with Crippen molar-refractivity contribution in [1.82, 2.24) is 9.55 Å². The Labute approximate surface area is 163 Å². The normalized spacial score (nSPS) is 10.9. The van der Waals surface area contributed by atoms with Gasteiger partial charge in [-0.15, -0.1) is 0 Å². The van der Waals surface area contributed by atoms with Crippen molar-refractivity contribution in [2.75, 3.05) is 0 Å². The summed E-state index contributed by atoms with van der Waals surface area (Å²) in [4.78, 5) is 30.3. The van der Waals surface area contributed by atoms with Gasteiger partial charge in [-0.1, -0.05) is 24.3 Å². The fraction of sp³-hybridized carbons (Fsp3) is 0.125. The number of carbonyl (C=O) groups excluding carboxylic acids is 1. The number of nitrogens with zero attached hydrogens (tertiary/aromatic N) is 2. The number of ketones is 1. The molecule has 0 N–H and O–H groups in total. The molecule has 4 rings (SSSR count). The molecule has 0 saturated carbocycles. The molecule has 0 bridgehead atoms. The Bertz CT molecular complexity index is 1240.